The Morgan fingerprint density at radius 2 is 1.81 bits per heavy atom. The number of rotatable bonds is 6. The van der Waals surface area contributed by atoms with Gasteiger partial charge in [0.25, 0.3) is 5.91 Å². The molecule has 2 aliphatic rings. The molecular weight excluding hydrogens is 338 g/mol. The molecule has 3 rings (SSSR count). The first kappa shape index (κ1) is 20.3. The van der Waals surface area contributed by atoms with Crippen LogP contribution in [-0.4, -0.2) is 71.6 Å². The summed E-state index contributed by atoms with van der Waals surface area (Å²) in [4.78, 5) is 22.1. The number of carbonyl (C=O) groups excluding carboxylic acids is 1. The molecule has 1 N–H and O–H groups in total. The van der Waals surface area contributed by atoms with Gasteiger partial charge in [0.2, 0.25) is 0 Å². The molecule has 2 fully saturated rings. The Hall–Kier alpha value is -1.40. The average Bonchev–Trinajstić information content (AvgIpc) is 2.97. The van der Waals surface area contributed by atoms with Gasteiger partial charge in [0, 0.05) is 30.9 Å². The molecule has 1 aromatic heterocycles. The van der Waals surface area contributed by atoms with Crippen LogP contribution in [0.1, 0.15) is 73.0 Å². The van der Waals surface area contributed by atoms with Gasteiger partial charge in [0.1, 0.15) is 11.5 Å². The monoisotopic (exact) mass is 375 g/mol. The topological polar surface area (TPSA) is 53.4 Å². The summed E-state index contributed by atoms with van der Waals surface area (Å²) in [7, 11) is 4.36. The van der Waals surface area contributed by atoms with Crippen LogP contribution in [0.25, 0.3) is 0 Å². The van der Waals surface area contributed by atoms with E-state index in [1.165, 1.54) is 32.1 Å². The summed E-state index contributed by atoms with van der Waals surface area (Å²) in [6, 6.07) is 1.15. The first-order valence-electron chi connectivity index (χ1n) is 10.7. The molecule has 0 aromatic carbocycles. The second-order valence-electron chi connectivity index (χ2n) is 8.53. The standard InChI is InChI=1S/C21H37N5O/c1-16-20(23-17(2)26(16)19-10-13-24(3)14-11-19)21(27)22-12-15-25(4)18-8-6-5-7-9-18/h18-19H,5-15H2,1-4H3,(H,22,27). The van der Waals surface area contributed by atoms with E-state index in [1.54, 1.807) is 0 Å². The van der Waals surface area contributed by atoms with Crippen LogP contribution >= 0.6 is 0 Å². The van der Waals surface area contributed by atoms with Gasteiger partial charge in [0.15, 0.2) is 0 Å². The lowest BCUT2D eigenvalue weighted by atomic mass is 9.94. The molecule has 152 valence electrons. The molecule has 1 saturated heterocycles. The van der Waals surface area contributed by atoms with Gasteiger partial charge < -0.3 is 19.7 Å². The summed E-state index contributed by atoms with van der Waals surface area (Å²) in [5.74, 6) is 0.936. The molecule has 1 amide bonds. The van der Waals surface area contributed by atoms with E-state index in [1.807, 2.05) is 13.8 Å². The normalized spacial score (nSPS) is 20.3. The minimum Gasteiger partial charge on any atom is -0.349 e. The SMILES string of the molecule is Cc1nc(C(=O)NCCN(C)C2CCCCC2)c(C)n1C1CCN(C)CC1. The zero-order chi connectivity index (χ0) is 19.4. The Morgan fingerprint density at radius 1 is 1.15 bits per heavy atom. The van der Waals surface area contributed by atoms with Gasteiger partial charge in [0.05, 0.1) is 0 Å². The Morgan fingerprint density at radius 3 is 2.48 bits per heavy atom. The summed E-state index contributed by atoms with van der Waals surface area (Å²) < 4.78 is 2.29. The van der Waals surface area contributed by atoms with Crippen molar-refractivity contribution in [1.29, 1.82) is 0 Å². The largest absolute Gasteiger partial charge is 0.349 e. The number of aryl methyl sites for hydroxylation is 1. The van der Waals surface area contributed by atoms with Crippen molar-refractivity contribution in [3.8, 4) is 0 Å². The molecule has 1 saturated carbocycles. The Labute approximate surface area is 164 Å². The van der Waals surface area contributed by atoms with Gasteiger partial charge in [-0.15, -0.1) is 0 Å². The number of nitrogens with one attached hydrogen (secondary N) is 1. The van der Waals surface area contributed by atoms with E-state index in [2.05, 4.69) is 38.8 Å². The molecule has 0 bridgehead atoms. The smallest absolute Gasteiger partial charge is 0.271 e. The third-order valence-corrected chi connectivity index (χ3v) is 6.54. The summed E-state index contributed by atoms with van der Waals surface area (Å²) >= 11 is 0. The number of aromatic nitrogens is 2. The zero-order valence-corrected chi connectivity index (χ0v) is 17.6. The first-order chi connectivity index (χ1) is 13.0. The molecule has 27 heavy (non-hydrogen) atoms. The van der Waals surface area contributed by atoms with Gasteiger partial charge >= 0.3 is 0 Å². The van der Waals surface area contributed by atoms with E-state index in [4.69, 9.17) is 0 Å². The van der Waals surface area contributed by atoms with E-state index in [0.717, 1.165) is 44.0 Å². The predicted molar refractivity (Wildman–Crippen MR) is 109 cm³/mol. The van der Waals surface area contributed by atoms with Crippen LogP contribution in [0.5, 0.6) is 0 Å². The van der Waals surface area contributed by atoms with Crippen LogP contribution in [-0.2, 0) is 0 Å². The number of carbonyl (C=O) groups is 1. The lowest BCUT2D eigenvalue weighted by molar-refractivity contribution is 0.0939. The lowest BCUT2D eigenvalue weighted by Gasteiger charge is -2.31. The van der Waals surface area contributed by atoms with E-state index in [9.17, 15) is 4.79 Å². The first-order valence-corrected chi connectivity index (χ1v) is 10.7. The summed E-state index contributed by atoms with van der Waals surface area (Å²) in [5, 5.41) is 3.10. The highest BCUT2D eigenvalue weighted by Gasteiger charge is 2.25. The molecule has 0 spiro atoms. The maximum absolute atomic E-state index is 12.7. The van der Waals surface area contributed by atoms with Crippen molar-refractivity contribution in [3.05, 3.63) is 17.2 Å². The average molecular weight is 376 g/mol. The van der Waals surface area contributed by atoms with Gasteiger partial charge in [-0.1, -0.05) is 19.3 Å². The van der Waals surface area contributed by atoms with Crippen LogP contribution < -0.4 is 5.32 Å². The number of amides is 1. The van der Waals surface area contributed by atoms with Crippen molar-refractivity contribution in [3.63, 3.8) is 0 Å². The molecule has 1 aliphatic heterocycles. The molecule has 0 unspecified atom stereocenters. The van der Waals surface area contributed by atoms with Crippen molar-refractivity contribution < 1.29 is 4.79 Å². The zero-order valence-electron chi connectivity index (χ0n) is 17.6. The van der Waals surface area contributed by atoms with Crippen LogP contribution in [0.15, 0.2) is 0 Å². The van der Waals surface area contributed by atoms with Gasteiger partial charge in [-0.25, -0.2) is 4.98 Å². The quantitative estimate of drug-likeness (QED) is 0.831. The molecule has 1 aliphatic carbocycles. The Bertz CT molecular complexity index is 627. The number of hydrogen-bond acceptors (Lipinski definition) is 4. The molecule has 0 atom stereocenters. The minimum absolute atomic E-state index is 0.0284. The summed E-state index contributed by atoms with van der Waals surface area (Å²) in [5.41, 5.74) is 1.62. The fourth-order valence-electron chi connectivity index (χ4n) is 4.79. The molecule has 0 radical (unpaired) electrons. The van der Waals surface area contributed by atoms with Crippen LogP contribution in [0.2, 0.25) is 0 Å². The Balaban J connectivity index is 1.54. The van der Waals surface area contributed by atoms with Gasteiger partial charge in [-0.2, -0.15) is 0 Å². The maximum atomic E-state index is 12.7. The molecule has 6 nitrogen and oxygen atoms in total. The summed E-state index contributed by atoms with van der Waals surface area (Å²) in [6.45, 7) is 7.88. The lowest BCUT2D eigenvalue weighted by Crippen LogP contribution is -2.39. The van der Waals surface area contributed by atoms with E-state index >= 15 is 0 Å². The highest BCUT2D eigenvalue weighted by Crippen LogP contribution is 2.26. The maximum Gasteiger partial charge on any atom is 0.271 e. The van der Waals surface area contributed by atoms with Crippen molar-refractivity contribution in [2.75, 3.05) is 40.3 Å². The van der Waals surface area contributed by atoms with Crippen LogP contribution in [0.3, 0.4) is 0 Å². The van der Waals surface area contributed by atoms with Gasteiger partial charge in [-0.05, 0) is 66.7 Å². The van der Waals surface area contributed by atoms with Gasteiger partial charge in [-0.3, -0.25) is 4.79 Å². The number of nitrogens with zero attached hydrogens (tertiary/aromatic N) is 4. The number of likely N-dealkylation sites (tertiary alicyclic amines) is 1. The number of hydrogen-bond donors (Lipinski definition) is 1. The van der Waals surface area contributed by atoms with Crippen molar-refractivity contribution >= 4 is 5.91 Å². The molecular formula is C21H37N5O. The summed E-state index contributed by atoms with van der Waals surface area (Å²) in [6.07, 6.45) is 8.90. The van der Waals surface area contributed by atoms with E-state index < -0.39 is 0 Å². The molecule has 1 aromatic rings. The predicted octanol–water partition coefficient (Wildman–Crippen LogP) is 2.76. The number of likely N-dealkylation sites (N-methyl/N-ethyl adjacent to an activating group) is 1. The third-order valence-electron chi connectivity index (χ3n) is 6.54. The Kier molecular flexibility index (Phi) is 6.93. The van der Waals surface area contributed by atoms with Crippen molar-refractivity contribution in [2.24, 2.45) is 0 Å². The highest BCUT2D eigenvalue weighted by molar-refractivity contribution is 5.93. The fourth-order valence-corrected chi connectivity index (χ4v) is 4.79. The van der Waals surface area contributed by atoms with E-state index in [0.29, 0.717) is 24.3 Å². The minimum atomic E-state index is -0.0284. The van der Waals surface area contributed by atoms with E-state index in [-0.39, 0.29) is 5.91 Å². The number of piperidine rings is 1. The molecule has 2 heterocycles. The number of imidazole rings is 1. The third kappa shape index (κ3) is 4.91. The van der Waals surface area contributed by atoms with Crippen LogP contribution in [0, 0.1) is 13.8 Å². The second kappa shape index (κ2) is 9.20. The van der Waals surface area contributed by atoms with Crippen molar-refractivity contribution in [1.82, 2.24) is 24.7 Å². The second-order valence-corrected chi connectivity index (χ2v) is 8.53. The molecule has 6 heteroatoms. The highest BCUT2D eigenvalue weighted by atomic mass is 16.1. The fraction of sp³-hybridized carbons (Fsp3) is 0.810. The van der Waals surface area contributed by atoms with Crippen LogP contribution in [0.4, 0.5) is 0 Å². The van der Waals surface area contributed by atoms with Crippen molar-refractivity contribution in [2.45, 2.75) is 70.9 Å².